The van der Waals surface area contributed by atoms with E-state index in [-0.39, 0.29) is 12.0 Å². The number of amides is 1. The number of hydrogen-bond donors (Lipinski definition) is 2. The highest BCUT2D eigenvalue weighted by Crippen LogP contribution is 2.05. The van der Waals surface area contributed by atoms with Crippen LogP contribution in [-0.2, 0) is 9.53 Å². The van der Waals surface area contributed by atoms with Crippen molar-refractivity contribution >= 4 is 5.91 Å². The average molecular weight is 202 g/mol. The van der Waals surface area contributed by atoms with E-state index in [1.54, 1.807) is 7.11 Å². The number of hydrogen-bond acceptors (Lipinski definition) is 3. The second kappa shape index (κ2) is 7.76. The predicted molar refractivity (Wildman–Crippen MR) is 56.9 cm³/mol. The van der Waals surface area contributed by atoms with Crippen LogP contribution in [0.3, 0.4) is 0 Å². The Hall–Kier alpha value is -0.610. The molecule has 0 saturated heterocycles. The first-order valence-corrected chi connectivity index (χ1v) is 5.13. The third-order valence-corrected chi connectivity index (χ3v) is 2.37. The minimum Gasteiger partial charge on any atom is -0.380 e. The van der Waals surface area contributed by atoms with E-state index in [1.165, 1.54) is 0 Å². The summed E-state index contributed by atoms with van der Waals surface area (Å²) in [5, 5.41) is 2.81. The molecule has 0 spiro atoms. The van der Waals surface area contributed by atoms with E-state index in [9.17, 15) is 4.79 Å². The number of carbonyl (C=O) groups excluding carboxylic acids is 1. The summed E-state index contributed by atoms with van der Waals surface area (Å²) in [7, 11) is 1.63. The van der Waals surface area contributed by atoms with Gasteiger partial charge in [0.15, 0.2) is 0 Å². The molecule has 1 amide bonds. The molecule has 2 atom stereocenters. The summed E-state index contributed by atoms with van der Waals surface area (Å²) in [6, 6.07) is 0. The lowest BCUT2D eigenvalue weighted by molar-refractivity contribution is -0.122. The van der Waals surface area contributed by atoms with Crippen molar-refractivity contribution in [2.45, 2.75) is 32.8 Å². The molecule has 0 saturated carbocycles. The molecule has 0 radical (unpaired) electrons. The Morgan fingerprint density at radius 2 is 2.21 bits per heavy atom. The maximum absolute atomic E-state index is 11.4. The molecule has 0 fully saturated rings. The number of nitrogens with two attached hydrogens (primary N) is 1. The fourth-order valence-electron chi connectivity index (χ4n) is 1.07. The smallest absolute Gasteiger partial charge is 0.220 e. The Labute approximate surface area is 86.2 Å². The van der Waals surface area contributed by atoms with Crippen molar-refractivity contribution in [2.75, 3.05) is 20.2 Å². The minimum atomic E-state index is 0.0613. The Bertz CT molecular complexity index is 158. The third-order valence-electron chi connectivity index (χ3n) is 2.37. The Balaban J connectivity index is 3.64. The van der Waals surface area contributed by atoms with Gasteiger partial charge in [0, 0.05) is 20.1 Å². The van der Waals surface area contributed by atoms with Gasteiger partial charge in [0.2, 0.25) is 5.91 Å². The Morgan fingerprint density at radius 3 is 2.64 bits per heavy atom. The van der Waals surface area contributed by atoms with E-state index in [0.29, 0.717) is 25.4 Å². The van der Waals surface area contributed by atoms with Crippen LogP contribution in [-0.4, -0.2) is 32.2 Å². The van der Waals surface area contributed by atoms with Crippen LogP contribution in [0, 0.1) is 5.92 Å². The topological polar surface area (TPSA) is 64.4 Å². The van der Waals surface area contributed by atoms with Crippen molar-refractivity contribution in [3.05, 3.63) is 0 Å². The number of ether oxygens (including phenoxy) is 1. The number of methoxy groups -OCH3 is 1. The van der Waals surface area contributed by atoms with E-state index in [2.05, 4.69) is 5.32 Å². The van der Waals surface area contributed by atoms with Gasteiger partial charge in [-0.15, -0.1) is 0 Å². The second-order valence-electron chi connectivity index (χ2n) is 3.56. The van der Waals surface area contributed by atoms with E-state index < -0.39 is 0 Å². The Kier molecular flexibility index (Phi) is 7.42. The van der Waals surface area contributed by atoms with Crippen molar-refractivity contribution in [3.63, 3.8) is 0 Å². The lowest BCUT2D eigenvalue weighted by Crippen LogP contribution is -2.33. The molecule has 0 aromatic heterocycles. The summed E-state index contributed by atoms with van der Waals surface area (Å²) in [5.41, 5.74) is 5.51. The van der Waals surface area contributed by atoms with Crippen LogP contribution in [0.1, 0.15) is 26.7 Å². The molecule has 0 bridgehead atoms. The highest BCUT2D eigenvalue weighted by Gasteiger charge is 2.10. The third kappa shape index (κ3) is 5.94. The zero-order valence-corrected chi connectivity index (χ0v) is 9.38. The molecule has 4 heteroatoms. The van der Waals surface area contributed by atoms with Gasteiger partial charge in [-0.3, -0.25) is 4.79 Å². The fraction of sp³-hybridized carbons (Fsp3) is 0.900. The van der Waals surface area contributed by atoms with E-state index in [4.69, 9.17) is 10.5 Å². The number of nitrogens with one attached hydrogen (secondary N) is 1. The molecule has 0 rings (SSSR count). The van der Waals surface area contributed by atoms with Crippen molar-refractivity contribution < 1.29 is 9.53 Å². The molecule has 0 aliphatic heterocycles. The van der Waals surface area contributed by atoms with Crippen LogP contribution < -0.4 is 11.1 Å². The van der Waals surface area contributed by atoms with Crippen LogP contribution in [0.15, 0.2) is 0 Å². The first-order valence-electron chi connectivity index (χ1n) is 5.13. The monoisotopic (exact) mass is 202 g/mol. The van der Waals surface area contributed by atoms with Gasteiger partial charge in [-0.25, -0.2) is 0 Å². The normalized spacial score (nSPS) is 14.9. The lowest BCUT2D eigenvalue weighted by atomic mass is 10.0. The molecule has 0 aliphatic carbocycles. The van der Waals surface area contributed by atoms with Crippen LogP contribution in [0.4, 0.5) is 0 Å². The van der Waals surface area contributed by atoms with Crippen molar-refractivity contribution in [3.8, 4) is 0 Å². The van der Waals surface area contributed by atoms with Crippen LogP contribution in [0.2, 0.25) is 0 Å². The van der Waals surface area contributed by atoms with Gasteiger partial charge in [0.25, 0.3) is 0 Å². The first kappa shape index (κ1) is 13.4. The molecular weight excluding hydrogens is 180 g/mol. The summed E-state index contributed by atoms with van der Waals surface area (Å²) >= 11 is 0. The SMILES string of the molecule is CCC(CN)CC(=O)NCC(C)OC. The minimum absolute atomic E-state index is 0.0613. The van der Waals surface area contributed by atoms with E-state index in [1.807, 2.05) is 13.8 Å². The molecule has 0 heterocycles. The fourth-order valence-corrected chi connectivity index (χ4v) is 1.07. The summed E-state index contributed by atoms with van der Waals surface area (Å²) in [4.78, 5) is 11.4. The molecular formula is C10H22N2O2. The number of rotatable bonds is 7. The number of carbonyl (C=O) groups is 1. The summed E-state index contributed by atoms with van der Waals surface area (Å²) < 4.78 is 5.02. The molecule has 3 N–H and O–H groups in total. The van der Waals surface area contributed by atoms with Crippen molar-refractivity contribution in [1.82, 2.24) is 5.32 Å². The van der Waals surface area contributed by atoms with Crippen molar-refractivity contribution in [2.24, 2.45) is 11.7 Å². The zero-order chi connectivity index (χ0) is 11.0. The molecule has 84 valence electrons. The summed E-state index contributed by atoms with van der Waals surface area (Å²) in [6.07, 6.45) is 1.53. The first-order chi connectivity index (χ1) is 6.63. The maximum atomic E-state index is 11.4. The highest BCUT2D eigenvalue weighted by atomic mass is 16.5. The second-order valence-corrected chi connectivity index (χ2v) is 3.56. The maximum Gasteiger partial charge on any atom is 0.220 e. The zero-order valence-electron chi connectivity index (χ0n) is 9.38. The largest absolute Gasteiger partial charge is 0.380 e. The standard InChI is InChI=1S/C10H22N2O2/c1-4-9(6-11)5-10(13)12-7-8(2)14-3/h8-9H,4-7,11H2,1-3H3,(H,12,13). The predicted octanol–water partition coefficient (Wildman–Crippen LogP) is 0.513. The van der Waals surface area contributed by atoms with Gasteiger partial charge in [-0.1, -0.05) is 13.3 Å². The average Bonchev–Trinajstić information content (AvgIpc) is 2.22. The lowest BCUT2D eigenvalue weighted by Gasteiger charge is -2.14. The van der Waals surface area contributed by atoms with E-state index in [0.717, 1.165) is 6.42 Å². The van der Waals surface area contributed by atoms with Gasteiger partial charge < -0.3 is 15.8 Å². The molecule has 14 heavy (non-hydrogen) atoms. The van der Waals surface area contributed by atoms with Crippen LogP contribution >= 0.6 is 0 Å². The molecule has 4 nitrogen and oxygen atoms in total. The summed E-state index contributed by atoms with van der Waals surface area (Å²) in [6.45, 7) is 5.10. The van der Waals surface area contributed by atoms with Gasteiger partial charge >= 0.3 is 0 Å². The van der Waals surface area contributed by atoms with Crippen LogP contribution in [0.25, 0.3) is 0 Å². The molecule has 0 aliphatic rings. The molecule has 2 unspecified atom stereocenters. The van der Waals surface area contributed by atoms with Crippen molar-refractivity contribution in [1.29, 1.82) is 0 Å². The Morgan fingerprint density at radius 1 is 1.57 bits per heavy atom. The van der Waals surface area contributed by atoms with Gasteiger partial charge in [0.1, 0.15) is 0 Å². The summed E-state index contributed by atoms with van der Waals surface area (Å²) in [5.74, 6) is 0.360. The van der Waals surface area contributed by atoms with Gasteiger partial charge in [0.05, 0.1) is 6.10 Å². The van der Waals surface area contributed by atoms with Crippen LogP contribution in [0.5, 0.6) is 0 Å². The molecule has 0 aromatic rings. The van der Waals surface area contributed by atoms with Gasteiger partial charge in [-0.05, 0) is 19.4 Å². The quantitative estimate of drug-likeness (QED) is 0.632. The van der Waals surface area contributed by atoms with Gasteiger partial charge in [-0.2, -0.15) is 0 Å². The van der Waals surface area contributed by atoms with E-state index >= 15 is 0 Å². The molecule has 0 aromatic carbocycles. The highest BCUT2D eigenvalue weighted by molar-refractivity contribution is 5.76.